The summed E-state index contributed by atoms with van der Waals surface area (Å²) >= 11 is 0. The minimum Gasteiger partial charge on any atom is -0.502 e. The Morgan fingerprint density at radius 1 is 1.00 bits per heavy atom. The number of unbranched alkanes of at least 4 members (excludes halogenated alkanes) is 2. The van der Waals surface area contributed by atoms with Crippen LogP contribution in [0.4, 0.5) is 4.79 Å². The zero-order chi connectivity index (χ0) is 18.5. The first kappa shape index (κ1) is 20.6. The standard InChI is InChI=1S/C20H28O5/c1-4-23-12-8-6-10-17-15-19(25-20(21)22)18(14-16(17)3)11-7-9-13-24-5-2/h4-5,14-15H,1-2,6-13H2,3H3,(H,21,22). The van der Waals surface area contributed by atoms with E-state index in [0.717, 1.165) is 55.2 Å². The maximum atomic E-state index is 11.0. The van der Waals surface area contributed by atoms with Crippen LogP contribution in [-0.2, 0) is 22.3 Å². The van der Waals surface area contributed by atoms with Crippen molar-refractivity contribution in [2.45, 2.75) is 45.4 Å². The molecular formula is C20H28O5. The number of ether oxygens (including phenoxy) is 3. The second kappa shape index (κ2) is 12.0. The average molecular weight is 348 g/mol. The molecule has 0 radical (unpaired) electrons. The molecule has 0 amide bonds. The van der Waals surface area contributed by atoms with E-state index in [9.17, 15) is 4.79 Å². The zero-order valence-electron chi connectivity index (χ0n) is 15.0. The van der Waals surface area contributed by atoms with E-state index in [1.807, 2.05) is 19.1 Å². The predicted molar refractivity (Wildman–Crippen MR) is 98.0 cm³/mol. The molecule has 0 aliphatic rings. The van der Waals surface area contributed by atoms with Crippen LogP contribution in [0.2, 0.25) is 0 Å². The fourth-order valence-electron chi connectivity index (χ4n) is 2.61. The molecule has 25 heavy (non-hydrogen) atoms. The van der Waals surface area contributed by atoms with E-state index >= 15 is 0 Å². The minimum atomic E-state index is -1.29. The highest BCUT2D eigenvalue weighted by atomic mass is 16.7. The Morgan fingerprint density at radius 2 is 1.56 bits per heavy atom. The highest BCUT2D eigenvalue weighted by molar-refractivity contribution is 5.62. The van der Waals surface area contributed by atoms with Crippen molar-refractivity contribution in [3.63, 3.8) is 0 Å². The van der Waals surface area contributed by atoms with Crippen LogP contribution >= 0.6 is 0 Å². The van der Waals surface area contributed by atoms with Crippen LogP contribution in [0.1, 0.15) is 42.4 Å². The van der Waals surface area contributed by atoms with Crippen LogP contribution < -0.4 is 4.74 Å². The molecule has 1 aromatic rings. The molecule has 0 aliphatic carbocycles. The number of hydrogen-bond acceptors (Lipinski definition) is 4. The summed E-state index contributed by atoms with van der Waals surface area (Å²) in [6.45, 7) is 10.3. The van der Waals surface area contributed by atoms with Crippen LogP contribution in [-0.4, -0.2) is 24.5 Å². The molecule has 138 valence electrons. The molecule has 0 atom stereocenters. The van der Waals surface area contributed by atoms with Crippen molar-refractivity contribution >= 4 is 6.16 Å². The van der Waals surface area contributed by atoms with Crippen molar-refractivity contribution in [3.8, 4) is 5.75 Å². The highest BCUT2D eigenvalue weighted by Crippen LogP contribution is 2.27. The van der Waals surface area contributed by atoms with Gasteiger partial charge in [0.15, 0.2) is 0 Å². The molecule has 5 nitrogen and oxygen atoms in total. The minimum absolute atomic E-state index is 0.431. The number of rotatable bonds is 13. The van der Waals surface area contributed by atoms with Gasteiger partial charge in [-0.25, -0.2) is 4.79 Å². The lowest BCUT2D eigenvalue weighted by Gasteiger charge is -2.14. The maximum Gasteiger partial charge on any atom is 0.511 e. The fraction of sp³-hybridized carbons (Fsp3) is 0.450. The van der Waals surface area contributed by atoms with Crippen molar-refractivity contribution in [2.75, 3.05) is 13.2 Å². The molecule has 0 unspecified atom stereocenters. The van der Waals surface area contributed by atoms with Crippen molar-refractivity contribution in [1.29, 1.82) is 0 Å². The van der Waals surface area contributed by atoms with E-state index in [-0.39, 0.29) is 0 Å². The summed E-state index contributed by atoms with van der Waals surface area (Å²) in [5.41, 5.74) is 3.17. The van der Waals surface area contributed by atoms with Gasteiger partial charge in [-0.1, -0.05) is 19.2 Å². The van der Waals surface area contributed by atoms with E-state index in [4.69, 9.17) is 19.3 Å². The van der Waals surface area contributed by atoms with E-state index in [1.54, 1.807) is 0 Å². The van der Waals surface area contributed by atoms with Gasteiger partial charge in [-0.2, -0.15) is 0 Å². The van der Waals surface area contributed by atoms with Crippen molar-refractivity contribution in [2.24, 2.45) is 0 Å². The second-order valence-electron chi connectivity index (χ2n) is 5.74. The van der Waals surface area contributed by atoms with E-state index in [1.165, 1.54) is 12.5 Å². The lowest BCUT2D eigenvalue weighted by molar-refractivity contribution is 0.144. The van der Waals surface area contributed by atoms with E-state index in [2.05, 4.69) is 13.2 Å². The van der Waals surface area contributed by atoms with E-state index < -0.39 is 6.16 Å². The van der Waals surface area contributed by atoms with Gasteiger partial charge in [-0.05, 0) is 68.2 Å². The van der Waals surface area contributed by atoms with Crippen LogP contribution in [0.25, 0.3) is 0 Å². The smallest absolute Gasteiger partial charge is 0.502 e. The Morgan fingerprint density at radius 3 is 2.08 bits per heavy atom. The number of carboxylic acid groups (broad SMARTS) is 1. The van der Waals surface area contributed by atoms with Gasteiger partial charge < -0.3 is 19.3 Å². The average Bonchev–Trinajstić information content (AvgIpc) is 2.57. The topological polar surface area (TPSA) is 65.0 Å². The summed E-state index contributed by atoms with van der Waals surface area (Å²) in [7, 11) is 0. The quantitative estimate of drug-likeness (QED) is 0.235. The Labute approximate surface area is 149 Å². The summed E-state index contributed by atoms with van der Waals surface area (Å²) in [6.07, 6.45) is 6.84. The molecule has 0 spiro atoms. The van der Waals surface area contributed by atoms with Gasteiger partial charge in [0, 0.05) is 0 Å². The summed E-state index contributed by atoms with van der Waals surface area (Å²) in [6, 6.07) is 3.88. The van der Waals surface area contributed by atoms with Gasteiger partial charge in [0.1, 0.15) is 5.75 Å². The van der Waals surface area contributed by atoms with Crippen LogP contribution in [0.5, 0.6) is 5.75 Å². The number of aryl methyl sites for hydroxylation is 3. The zero-order valence-corrected chi connectivity index (χ0v) is 15.0. The molecule has 0 saturated heterocycles. The van der Waals surface area contributed by atoms with Crippen molar-refractivity contribution < 1.29 is 24.1 Å². The summed E-state index contributed by atoms with van der Waals surface area (Å²) in [5, 5.41) is 8.99. The van der Waals surface area contributed by atoms with Crippen LogP contribution in [0.3, 0.4) is 0 Å². The molecule has 0 fully saturated rings. The third-order valence-electron chi connectivity index (χ3n) is 3.87. The van der Waals surface area contributed by atoms with Crippen LogP contribution in [0.15, 0.2) is 37.8 Å². The molecule has 5 heteroatoms. The third kappa shape index (κ3) is 8.29. The summed E-state index contributed by atoms with van der Waals surface area (Å²) in [4.78, 5) is 11.0. The Kier molecular flexibility index (Phi) is 9.90. The number of benzene rings is 1. The molecular weight excluding hydrogens is 320 g/mol. The Hall–Kier alpha value is -2.43. The first-order valence-corrected chi connectivity index (χ1v) is 8.56. The largest absolute Gasteiger partial charge is 0.511 e. The SMILES string of the molecule is C=COCCCCc1cc(OC(=O)O)c(CCCCOC=C)cc1C. The lowest BCUT2D eigenvalue weighted by Crippen LogP contribution is -2.07. The predicted octanol–water partition coefficient (Wildman–Crippen LogP) is 5.02. The lowest BCUT2D eigenvalue weighted by atomic mass is 9.97. The normalized spacial score (nSPS) is 10.1. The van der Waals surface area contributed by atoms with Gasteiger partial charge >= 0.3 is 6.16 Å². The van der Waals surface area contributed by atoms with Gasteiger partial charge in [-0.3, -0.25) is 0 Å². The highest BCUT2D eigenvalue weighted by Gasteiger charge is 2.12. The summed E-state index contributed by atoms with van der Waals surface area (Å²) in [5.74, 6) is 0.431. The fourth-order valence-corrected chi connectivity index (χ4v) is 2.61. The molecule has 1 N–H and O–H groups in total. The number of carbonyl (C=O) groups is 1. The van der Waals surface area contributed by atoms with Crippen LogP contribution in [0, 0.1) is 6.92 Å². The van der Waals surface area contributed by atoms with Crippen molar-refractivity contribution in [1.82, 2.24) is 0 Å². The summed E-state index contributed by atoms with van der Waals surface area (Å²) < 4.78 is 15.2. The van der Waals surface area contributed by atoms with Gasteiger partial charge in [-0.15, -0.1) is 0 Å². The van der Waals surface area contributed by atoms with E-state index in [0.29, 0.717) is 19.0 Å². The first-order valence-electron chi connectivity index (χ1n) is 8.56. The first-order chi connectivity index (χ1) is 12.1. The third-order valence-corrected chi connectivity index (χ3v) is 3.87. The maximum absolute atomic E-state index is 11.0. The molecule has 0 heterocycles. The molecule has 1 rings (SSSR count). The number of hydrogen-bond donors (Lipinski definition) is 1. The molecule has 0 bridgehead atoms. The molecule has 1 aromatic carbocycles. The molecule has 0 saturated carbocycles. The Balaban J connectivity index is 2.72. The monoisotopic (exact) mass is 348 g/mol. The molecule has 0 aliphatic heterocycles. The van der Waals surface area contributed by atoms with Gasteiger partial charge in [0.2, 0.25) is 0 Å². The van der Waals surface area contributed by atoms with Gasteiger partial charge in [0.05, 0.1) is 25.7 Å². The second-order valence-corrected chi connectivity index (χ2v) is 5.74. The molecule has 0 aromatic heterocycles. The van der Waals surface area contributed by atoms with Crippen molar-refractivity contribution in [3.05, 3.63) is 54.5 Å². The van der Waals surface area contributed by atoms with Gasteiger partial charge in [0.25, 0.3) is 0 Å². The Bertz CT molecular complexity index is 565.